The van der Waals surface area contributed by atoms with E-state index in [-0.39, 0.29) is 29.8 Å². The first-order valence-electron chi connectivity index (χ1n) is 7.71. The molecule has 0 saturated carbocycles. The molecule has 0 heterocycles. The van der Waals surface area contributed by atoms with Crippen LogP contribution in [-0.4, -0.2) is 23.1 Å². The fourth-order valence-corrected chi connectivity index (χ4v) is 2.21. The minimum atomic E-state index is -0.586. The summed E-state index contributed by atoms with van der Waals surface area (Å²) in [7, 11) is 1.40. The van der Waals surface area contributed by atoms with Gasteiger partial charge in [-0.2, -0.15) is 0 Å². The quantitative estimate of drug-likeness (QED) is 0.517. The highest BCUT2D eigenvalue weighted by molar-refractivity contribution is 5.51. The first-order valence-corrected chi connectivity index (χ1v) is 7.71. The summed E-state index contributed by atoms with van der Waals surface area (Å²) in [6, 6.07) is 8.33. The maximum atomic E-state index is 11.2. The Morgan fingerprint density at radius 2 is 1.69 bits per heavy atom. The van der Waals surface area contributed by atoms with Gasteiger partial charge in [-0.3, -0.25) is 20.2 Å². The van der Waals surface area contributed by atoms with E-state index in [1.54, 1.807) is 0 Å². The molecule has 0 spiro atoms. The van der Waals surface area contributed by atoms with Crippen molar-refractivity contribution in [2.24, 2.45) is 0 Å². The molecule has 0 aliphatic rings. The van der Waals surface area contributed by atoms with Gasteiger partial charge in [0.25, 0.3) is 5.69 Å². The predicted octanol–water partition coefficient (Wildman–Crippen LogP) is 3.88. The van der Waals surface area contributed by atoms with Gasteiger partial charge < -0.3 is 14.2 Å². The summed E-state index contributed by atoms with van der Waals surface area (Å²) >= 11 is 0. The zero-order valence-electron chi connectivity index (χ0n) is 14.5. The number of hydrogen-bond acceptors (Lipinski definition) is 7. The summed E-state index contributed by atoms with van der Waals surface area (Å²) in [6.45, 7) is 3.51. The Morgan fingerprint density at radius 3 is 2.27 bits per heavy atom. The van der Waals surface area contributed by atoms with E-state index >= 15 is 0 Å². The van der Waals surface area contributed by atoms with Crippen LogP contribution in [-0.2, 0) is 6.61 Å². The molecule has 2 aromatic rings. The van der Waals surface area contributed by atoms with Gasteiger partial charge in [0.05, 0.1) is 29.1 Å². The fourth-order valence-electron chi connectivity index (χ4n) is 2.21. The van der Waals surface area contributed by atoms with E-state index in [9.17, 15) is 20.2 Å². The topological polar surface area (TPSA) is 114 Å². The van der Waals surface area contributed by atoms with Crippen molar-refractivity contribution in [1.82, 2.24) is 0 Å². The van der Waals surface area contributed by atoms with Crippen molar-refractivity contribution in [2.75, 3.05) is 7.11 Å². The van der Waals surface area contributed by atoms with Crippen molar-refractivity contribution in [2.45, 2.75) is 26.6 Å². The van der Waals surface area contributed by atoms with Gasteiger partial charge in [0.2, 0.25) is 0 Å². The molecule has 0 N–H and O–H groups in total. The van der Waals surface area contributed by atoms with E-state index in [1.807, 2.05) is 13.8 Å². The van der Waals surface area contributed by atoms with Crippen LogP contribution in [0.2, 0.25) is 0 Å². The summed E-state index contributed by atoms with van der Waals surface area (Å²) in [5, 5.41) is 22.2. The molecule has 0 unspecified atom stereocenters. The molecule has 0 saturated heterocycles. The van der Waals surface area contributed by atoms with Crippen molar-refractivity contribution in [3.63, 3.8) is 0 Å². The summed E-state index contributed by atoms with van der Waals surface area (Å²) in [5.74, 6) is 0.766. The molecule has 0 atom stereocenters. The average molecular weight is 362 g/mol. The first kappa shape index (κ1) is 19.0. The van der Waals surface area contributed by atoms with Crippen LogP contribution < -0.4 is 14.2 Å². The molecule has 0 amide bonds. The molecule has 9 heteroatoms. The molecule has 138 valence electrons. The van der Waals surface area contributed by atoms with Gasteiger partial charge in [0.15, 0.2) is 5.75 Å². The minimum absolute atomic E-state index is 0.0257. The Kier molecular flexibility index (Phi) is 5.94. The Labute approximate surface area is 149 Å². The molecule has 0 fully saturated rings. The van der Waals surface area contributed by atoms with E-state index in [2.05, 4.69) is 0 Å². The Morgan fingerprint density at radius 1 is 1.00 bits per heavy atom. The van der Waals surface area contributed by atoms with E-state index in [0.29, 0.717) is 17.1 Å². The maximum Gasteiger partial charge on any atom is 0.314 e. The number of rotatable bonds is 8. The highest BCUT2D eigenvalue weighted by atomic mass is 16.6. The lowest BCUT2D eigenvalue weighted by Gasteiger charge is -2.15. The standard InChI is InChI=1S/C17H18N2O7/c1-11(2)26-16-6-4-13(18(20)21)8-12(16)10-25-17-7-5-14(24-3)9-15(17)19(22)23/h4-9,11H,10H2,1-3H3. The highest BCUT2D eigenvalue weighted by Gasteiger charge is 2.19. The van der Waals surface area contributed by atoms with Crippen molar-refractivity contribution >= 4 is 11.4 Å². The molecule has 0 bridgehead atoms. The average Bonchev–Trinajstić information content (AvgIpc) is 2.59. The van der Waals surface area contributed by atoms with E-state index in [1.165, 1.54) is 43.5 Å². The maximum absolute atomic E-state index is 11.2. The lowest BCUT2D eigenvalue weighted by Crippen LogP contribution is -2.09. The van der Waals surface area contributed by atoms with Crippen molar-refractivity contribution in [3.8, 4) is 17.2 Å². The minimum Gasteiger partial charge on any atom is -0.496 e. The third kappa shape index (κ3) is 4.59. The number of methoxy groups -OCH3 is 1. The van der Waals surface area contributed by atoms with Gasteiger partial charge in [0.1, 0.15) is 18.1 Å². The van der Waals surface area contributed by atoms with Crippen molar-refractivity contribution in [1.29, 1.82) is 0 Å². The third-order valence-electron chi connectivity index (χ3n) is 3.36. The van der Waals surface area contributed by atoms with Gasteiger partial charge in [-0.1, -0.05) is 0 Å². The second kappa shape index (κ2) is 8.15. The molecule has 0 radical (unpaired) electrons. The van der Waals surface area contributed by atoms with Crippen LogP contribution in [0.3, 0.4) is 0 Å². The van der Waals surface area contributed by atoms with Crippen molar-refractivity contribution in [3.05, 3.63) is 62.2 Å². The van der Waals surface area contributed by atoms with Crippen LogP contribution in [0, 0.1) is 20.2 Å². The van der Waals surface area contributed by atoms with E-state index in [4.69, 9.17) is 14.2 Å². The highest BCUT2D eigenvalue weighted by Crippen LogP contribution is 2.33. The number of hydrogen-bond donors (Lipinski definition) is 0. The van der Waals surface area contributed by atoms with Crippen LogP contribution in [0.1, 0.15) is 19.4 Å². The summed E-state index contributed by atoms with van der Waals surface area (Å²) in [5.41, 5.74) is 0.0306. The van der Waals surface area contributed by atoms with Gasteiger partial charge in [-0.25, -0.2) is 0 Å². The zero-order chi connectivity index (χ0) is 19.3. The van der Waals surface area contributed by atoms with Crippen molar-refractivity contribution < 1.29 is 24.1 Å². The van der Waals surface area contributed by atoms with Crippen LogP contribution in [0.15, 0.2) is 36.4 Å². The first-order chi connectivity index (χ1) is 12.3. The Hall–Kier alpha value is -3.36. The second-order valence-electron chi connectivity index (χ2n) is 5.60. The Balaban J connectivity index is 2.32. The summed E-state index contributed by atoms with van der Waals surface area (Å²) < 4.78 is 16.1. The molecular weight excluding hydrogens is 344 g/mol. The third-order valence-corrected chi connectivity index (χ3v) is 3.36. The van der Waals surface area contributed by atoms with Crippen LogP contribution >= 0.6 is 0 Å². The van der Waals surface area contributed by atoms with Crippen LogP contribution in [0.5, 0.6) is 17.2 Å². The molecule has 2 aromatic carbocycles. The lowest BCUT2D eigenvalue weighted by molar-refractivity contribution is -0.386. The number of nitro benzene ring substituents is 2. The summed E-state index contributed by atoms with van der Waals surface area (Å²) in [6.07, 6.45) is -0.148. The molecular formula is C17H18N2O7. The smallest absolute Gasteiger partial charge is 0.314 e. The van der Waals surface area contributed by atoms with Crippen LogP contribution in [0.25, 0.3) is 0 Å². The monoisotopic (exact) mass is 362 g/mol. The second-order valence-corrected chi connectivity index (χ2v) is 5.60. The Bertz CT molecular complexity index is 821. The number of nitrogens with zero attached hydrogens (tertiary/aromatic N) is 2. The largest absolute Gasteiger partial charge is 0.496 e. The van der Waals surface area contributed by atoms with Crippen LogP contribution in [0.4, 0.5) is 11.4 Å². The lowest BCUT2D eigenvalue weighted by atomic mass is 10.2. The zero-order valence-corrected chi connectivity index (χ0v) is 14.5. The molecule has 9 nitrogen and oxygen atoms in total. The molecule has 0 aliphatic heterocycles. The number of ether oxygens (including phenoxy) is 3. The molecule has 0 aromatic heterocycles. The predicted molar refractivity (Wildman–Crippen MR) is 92.8 cm³/mol. The fraction of sp³-hybridized carbons (Fsp3) is 0.294. The number of benzene rings is 2. The molecule has 0 aliphatic carbocycles. The SMILES string of the molecule is COc1ccc(OCc2cc([N+](=O)[O-])ccc2OC(C)C)c([N+](=O)[O-])c1. The molecule has 26 heavy (non-hydrogen) atoms. The normalized spacial score (nSPS) is 10.5. The van der Waals surface area contributed by atoms with Gasteiger partial charge in [-0.05, 0) is 32.0 Å². The van der Waals surface area contributed by atoms with Gasteiger partial charge in [0, 0.05) is 17.7 Å². The summed E-state index contributed by atoms with van der Waals surface area (Å²) in [4.78, 5) is 21.1. The van der Waals surface area contributed by atoms with E-state index in [0.717, 1.165) is 0 Å². The molecule has 2 rings (SSSR count). The number of non-ortho nitro benzene ring substituents is 1. The van der Waals surface area contributed by atoms with Gasteiger partial charge >= 0.3 is 5.69 Å². The number of nitro groups is 2. The van der Waals surface area contributed by atoms with E-state index < -0.39 is 9.85 Å². The van der Waals surface area contributed by atoms with Gasteiger partial charge in [-0.15, -0.1) is 0 Å².